The van der Waals surface area contributed by atoms with Crippen molar-refractivity contribution in [2.75, 3.05) is 6.61 Å². The molecule has 0 amide bonds. The molecule has 0 bridgehead atoms. The molecule has 0 spiro atoms. The van der Waals surface area contributed by atoms with Gasteiger partial charge in [0.2, 0.25) is 0 Å². The van der Waals surface area contributed by atoms with Crippen LogP contribution in [0.15, 0.2) is 45.1 Å². The molecule has 1 saturated heterocycles. The summed E-state index contributed by atoms with van der Waals surface area (Å²) in [5, 5.41) is 4.05. The Balaban J connectivity index is 1.26. The molecular weight excluding hydrogens is 1210 g/mol. The van der Waals surface area contributed by atoms with Gasteiger partial charge in [-0.25, -0.2) is 0 Å². The number of nitrogens with zero attached hydrogens (tertiary/aromatic N) is 1. The Morgan fingerprint density at radius 3 is 2.50 bits per heavy atom. The second-order valence-corrected chi connectivity index (χ2v) is 32.7. The van der Waals surface area contributed by atoms with Crippen LogP contribution < -0.4 is 65.0 Å². The molecule has 1 N–H and O–H groups in total. The third-order valence-corrected chi connectivity index (χ3v) is 37.3. The third kappa shape index (κ3) is 10.7. The van der Waals surface area contributed by atoms with Crippen LogP contribution in [0.2, 0.25) is 0 Å². The molecule has 296 valence electrons. The first kappa shape index (κ1) is 43.4. The number of hydrogen-bond donors (Lipinski definition) is 1. The van der Waals surface area contributed by atoms with Gasteiger partial charge < -0.3 is 0 Å². The van der Waals surface area contributed by atoms with Crippen molar-refractivity contribution >= 4 is 46.9 Å². The van der Waals surface area contributed by atoms with E-state index in [9.17, 15) is 0 Å². The molecule has 2 saturated carbocycles. The van der Waals surface area contributed by atoms with E-state index in [4.69, 9.17) is 9.73 Å². The molecule has 7 unspecified atom stereocenters. The van der Waals surface area contributed by atoms with E-state index in [1.165, 1.54) is 130 Å². The molecule has 5 aliphatic rings. The molecule has 3 aliphatic heterocycles. The number of allylic oxidation sites excluding steroid dienone is 2. The summed E-state index contributed by atoms with van der Waals surface area (Å²) in [6, 6.07) is 8.43. The van der Waals surface area contributed by atoms with Crippen LogP contribution in [0.25, 0.3) is 0 Å². The Morgan fingerprint density at radius 1 is 1.02 bits per heavy atom. The van der Waals surface area contributed by atoms with Gasteiger partial charge in [-0.3, -0.25) is 0 Å². The number of ether oxygens (including phenoxy) is 1. The fourth-order valence-corrected chi connectivity index (χ4v) is 28.4. The van der Waals surface area contributed by atoms with Gasteiger partial charge in [0.1, 0.15) is 0 Å². The van der Waals surface area contributed by atoms with E-state index in [0.717, 1.165) is 38.6 Å². The Kier molecular flexibility index (Phi) is 17.6. The molecule has 8 atom stereocenters. The van der Waals surface area contributed by atoms with Gasteiger partial charge >= 0.3 is 377 Å². The molecule has 0 radical (unpaired) electrons. The second kappa shape index (κ2) is 21.2. The Bertz CT molecular complexity index is 1370. The maximum absolute atomic E-state index is 6.51. The Labute approximate surface area is 372 Å². The molecule has 3 nitrogen and oxygen atoms in total. The Morgan fingerprint density at radius 2 is 1.81 bits per heavy atom. The average molecular weight is 1270 g/mol. The zero-order chi connectivity index (χ0) is 36.7. The first-order chi connectivity index (χ1) is 25.3. The predicted octanol–water partition coefficient (Wildman–Crippen LogP) is 3.60. The van der Waals surface area contributed by atoms with Crippen molar-refractivity contribution < 1.29 is 64.4 Å². The standard InChI is InChI=1S/C44H66I5N2O/c1-6-15-31(19-22-35(7-2)50-29(5)48-44(8-3,9-4)49-46)41-36-24-21-34(45)26-33(36)28-39(47-41)42-38-27-32(30-16-11-10-12-17-30)20-23-37(38)43(51-42)40-18-13-14-25-52-40/h20,23,27-28,30-31,34-36,39-41,43,50H,5-19,21-22,24-26H2,1-4H3/q-3/t31?,34?,35-,36?,39?,40?,41?,43?/m0/s1. The monoisotopic (exact) mass is 1270 g/mol. The predicted molar refractivity (Wildman–Crippen MR) is 227 cm³/mol. The zero-order valence-corrected chi connectivity index (χ0v) is 43.2. The van der Waals surface area contributed by atoms with Crippen LogP contribution in [0, 0.1) is 11.8 Å². The summed E-state index contributed by atoms with van der Waals surface area (Å²) in [5.74, 6) is 2.38. The van der Waals surface area contributed by atoms with Crippen LogP contribution in [0.1, 0.15) is 172 Å². The van der Waals surface area contributed by atoms with Crippen LogP contribution in [-0.2, 0) is 4.74 Å². The van der Waals surface area contributed by atoms with E-state index >= 15 is 0 Å². The third-order valence-electron chi connectivity index (χ3n) is 12.9. The minimum absolute atomic E-state index is 0.0320. The number of hydrogen-bond acceptors (Lipinski definition) is 3. The van der Waals surface area contributed by atoms with Crippen molar-refractivity contribution in [3.63, 3.8) is 0 Å². The number of fused-ring (bicyclic) bond motifs is 2. The van der Waals surface area contributed by atoms with Crippen LogP contribution >= 0.6 is 41.2 Å². The number of nitrogens with one attached hydrogen (secondary N) is 1. The molecule has 0 aromatic heterocycles. The molecule has 1 aromatic rings. The maximum atomic E-state index is 6.51. The van der Waals surface area contributed by atoms with Crippen molar-refractivity contribution in [1.82, 2.24) is 5.32 Å². The summed E-state index contributed by atoms with van der Waals surface area (Å²) in [5.41, 5.74) is 7.90. The fraction of sp³-hybridized carbons (Fsp3) is 0.750. The van der Waals surface area contributed by atoms with Gasteiger partial charge in [-0.1, -0.05) is 0 Å². The van der Waals surface area contributed by atoms with E-state index in [1.807, 2.05) is 5.57 Å². The first-order valence-electron chi connectivity index (χ1n) is 21.0. The number of alkyl halides is 5. The molecular formula is C44H66I5N2O-3. The molecule has 3 fully saturated rings. The van der Waals surface area contributed by atoms with Crippen LogP contribution in [0.5, 0.6) is 0 Å². The van der Waals surface area contributed by atoms with E-state index in [0.29, 0.717) is 11.4 Å². The number of aliphatic imine (C=N–C) groups is 1. The van der Waals surface area contributed by atoms with Crippen LogP contribution in [0.4, 0.5) is 0 Å². The Hall–Kier alpha value is 1.78. The topological polar surface area (TPSA) is 33.6 Å². The van der Waals surface area contributed by atoms with Gasteiger partial charge in [-0.05, 0) is 0 Å². The van der Waals surface area contributed by atoms with E-state index in [2.05, 4.69) is 105 Å². The van der Waals surface area contributed by atoms with Crippen molar-refractivity contribution in [3.8, 4) is 0 Å². The van der Waals surface area contributed by atoms with Crippen molar-refractivity contribution in [1.29, 1.82) is 0 Å². The summed E-state index contributed by atoms with van der Waals surface area (Å²) in [6.07, 6.45) is 27.0. The molecule has 52 heavy (non-hydrogen) atoms. The van der Waals surface area contributed by atoms with Crippen molar-refractivity contribution in [2.24, 2.45) is 16.8 Å². The SMILES string of the molecule is C=C(N[C@@H](CC)CCC(CCC)C1[I-]C(C2=NC(C3CCCCO3)c3ccc(C4CCCCC4)cc32)C=C2CC(I)CCC21)[I-]C(CC)(CC)[I-]I. The average Bonchev–Trinajstić information content (AvgIpc) is 3.57. The van der Waals surface area contributed by atoms with Gasteiger partial charge in [0.25, 0.3) is 0 Å². The summed E-state index contributed by atoms with van der Waals surface area (Å²) in [7, 11) is 0. The van der Waals surface area contributed by atoms with Crippen molar-refractivity contribution in [3.05, 3.63) is 56.8 Å². The summed E-state index contributed by atoms with van der Waals surface area (Å²) >= 11 is 5.60. The molecule has 1 aromatic carbocycles. The van der Waals surface area contributed by atoms with Gasteiger partial charge in [0.05, 0.1) is 0 Å². The van der Waals surface area contributed by atoms with E-state index in [-0.39, 0.29) is 71.8 Å². The van der Waals surface area contributed by atoms with Crippen LogP contribution in [-0.4, -0.2) is 37.7 Å². The summed E-state index contributed by atoms with van der Waals surface area (Å²) in [6.45, 7) is 15.3. The fourth-order valence-electron chi connectivity index (χ4n) is 9.78. The van der Waals surface area contributed by atoms with Gasteiger partial charge in [-0.15, -0.1) is 0 Å². The first-order valence-corrected chi connectivity index (χ1v) is 34.3. The molecule has 3 heterocycles. The number of halogens is 5. The normalized spacial score (nSPS) is 29.7. The summed E-state index contributed by atoms with van der Waals surface area (Å²) < 4.78 is 10.7. The van der Waals surface area contributed by atoms with E-state index < -0.39 is 0 Å². The minimum atomic E-state index is -0.0933. The van der Waals surface area contributed by atoms with Gasteiger partial charge in [-0.2, -0.15) is 0 Å². The number of benzene rings is 1. The second-order valence-electron chi connectivity index (χ2n) is 16.3. The van der Waals surface area contributed by atoms with E-state index in [1.54, 1.807) is 5.56 Å². The summed E-state index contributed by atoms with van der Waals surface area (Å²) in [4.78, 5) is 5.81. The van der Waals surface area contributed by atoms with Crippen LogP contribution in [0.3, 0.4) is 0 Å². The quantitative estimate of drug-likeness (QED) is 0.112. The van der Waals surface area contributed by atoms with Crippen molar-refractivity contribution in [2.45, 2.75) is 181 Å². The number of rotatable bonds is 17. The molecule has 6 rings (SSSR count). The van der Waals surface area contributed by atoms with Gasteiger partial charge in [0.15, 0.2) is 0 Å². The molecule has 2 aliphatic carbocycles. The molecule has 8 heteroatoms. The van der Waals surface area contributed by atoms with Gasteiger partial charge in [0, 0.05) is 0 Å². The zero-order valence-electron chi connectivity index (χ0n) is 32.4.